The molecular formula is C24H18Br2N4O5. The zero-order valence-corrected chi connectivity index (χ0v) is 21.3. The van der Waals surface area contributed by atoms with Gasteiger partial charge in [0.05, 0.1) is 25.1 Å². The summed E-state index contributed by atoms with van der Waals surface area (Å²) in [6, 6.07) is 16.1. The van der Waals surface area contributed by atoms with E-state index < -0.39 is 17.8 Å². The molecule has 0 atom stereocenters. The van der Waals surface area contributed by atoms with Crippen LogP contribution >= 0.6 is 31.9 Å². The van der Waals surface area contributed by atoms with E-state index in [1.54, 1.807) is 48.5 Å². The van der Waals surface area contributed by atoms with Gasteiger partial charge >= 0.3 is 5.97 Å². The van der Waals surface area contributed by atoms with E-state index in [1.165, 1.54) is 31.7 Å². The Morgan fingerprint density at radius 1 is 0.800 bits per heavy atom. The van der Waals surface area contributed by atoms with Gasteiger partial charge in [0.2, 0.25) is 0 Å². The van der Waals surface area contributed by atoms with Crippen LogP contribution < -0.4 is 10.9 Å². The molecule has 0 unspecified atom stereocenters. The van der Waals surface area contributed by atoms with Gasteiger partial charge in [0.25, 0.3) is 11.8 Å². The molecule has 0 fully saturated rings. The highest BCUT2D eigenvalue weighted by molar-refractivity contribution is 9.10. The number of ether oxygens (including phenoxy) is 1. The quantitative estimate of drug-likeness (QED) is 0.212. The first-order chi connectivity index (χ1) is 16.8. The molecule has 3 N–H and O–H groups in total. The van der Waals surface area contributed by atoms with E-state index in [0.717, 1.165) is 8.95 Å². The zero-order valence-electron chi connectivity index (χ0n) is 18.2. The molecule has 0 aliphatic heterocycles. The van der Waals surface area contributed by atoms with Crippen molar-refractivity contribution in [2.75, 3.05) is 7.11 Å². The normalized spacial score (nSPS) is 10.9. The Labute approximate surface area is 217 Å². The molecule has 9 nitrogen and oxygen atoms in total. The first-order valence-electron chi connectivity index (χ1n) is 9.91. The number of aromatic hydroxyl groups is 1. The van der Waals surface area contributed by atoms with E-state index in [1.807, 2.05) is 0 Å². The number of hydrazone groups is 2. The van der Waals surface area contributed by atoms with Crippen LogP contribution in [0.1, 0.15) is 42.2 Å². The first-order valence-corrected chi connectivity index (χ1v) is 11.5. The number of hydrogen-bond acceptors (Lipinski definition) is 7. The molecule has 35 heavy (non-hydrogen) atoms. The fourth-order valence-corrected chi connectivity index (χ4v) is 3.62. The van der Waals surface area contributed by atoms with Crippen molar-refractivity contribution in [3.05, 3.63) is 97.4 Å². The molecule has 0 saturated heterocycles. The zero-order chi connectivity index (χ0) is 25.4. The van der Waals surface area contributed by atoms with Crippen molar-refractivity contribution < 1.29 is 24.2 Å². The Kier molecular flexibility index (Phi) is 8.87. The molecule has 0 heterocycles. The second-order valence-corrected chi connectivity index (χ2v) is 8.75. The highest BCUT2D eigenvalue weighted by Crippen LogP contribution is 2.23. The minimum absolute atomic E-state index is 0.102. The van der Waals surface area contributed by atoms with Crippen molar-refractivity contribution in [1.82, 2.24) is 10.9 Å². The molecule has 11 heteroatoms. The SMILES string of the molecule is COC(=O)c1cc(/C=N\NC(=O)c2cccc(Br)c2)c(O)c(/C=N\NC(=O)c2cccc(Br)c2)c1. The van der Waals surface area contributed by atoms with E-state index >= 15 is 0 Å². The number of amides is 2. The number of esters is 1. The summed E-state index contributed by atoms with van der Waals surface area (Å²) in [5.41, 5.74) is 5.78. The van der Waals surface area contributed by atoms with Crippen LogP contribution in [0.25, 0.3) is 0 Å². The highest BCUT2D eigenvalue weighted by atomic mass is 79.9. The average Bonchev–Trinajstić information content (AvgIpc) is 2.85. The summed E-state index contributed by atoms with van der Waals surface area (Å²) in [6.45, 7) is 0. The van der Waals surface area contributed by atoms with E-state index in [-0.39, 0.29) is 22.4 Å². The van der Waals surface area contributed by atoms with Gasteiger partial charge in [-0.2, -0.15) is 10.2 Å². The van der Waals surface area contributed by atoms with Gasteiger partial charge in [-0.1, -0.05) is 44.0 Å². The maximum atomic E-state index is 12.3. The Hall–Kier alpha value is -3.83. The smallest absolute Gasteiger partial charge is 0.337 e. The molecular weight excluding hydrogens is 584 g/mol. The number of phenols is 1. The maximum Gasteiger partial charge on any atom is 0.337 e. The lowest BCUT2D eigenvalue weighted by molar-refractivity contribution is 0.0600. The van der Waals surface area contributed by atoms with Gasteiger partial charge in [0.1, 0.15) is 5.75 Å². The van der Waals surface area contributed by atoms with Crippen LogP contribution in [-0.4, -0.2) is 42.4 Å². The summed E-state index contributed by atoms with van der Waals surface area (Å²) in [5, 5.41) is 18.4. The van der Waals surface area contributed by atoms with Gasteiger partial charge in [-0.15, -0.1) is 0 Å². The second-order valence-electron chi connectivity index (χ2n) is 6.91. The number of benzene rings is 3. The molecule has 0 spiro atoms. The average molecular weight is 602 g/mol. The van der Waals surface area contributed by atoms with Crippen molar-refractivity contribution >= 4 is 62.1 Å². The topological polar surface area (TPSA) is 129 Å². The molecule has 0 aromatic heterocycles. The Balaban J connectivity index is 1.81. The van der Waals surface area contributed by atoms with Gasteiger partial charge in [-0.3, -0.25) is 9.59 Å². The fraction of sp³-hybridized carbons (Fsp3) is 0.0417. The number of phenolic OH excluding ortho intramolecular Hbond substituents is 1. The third-order valence-corrected chi connectivity index (χ3v) is 5.49. The molecule has 3 rings (SSSR count). The molecule has 0 aliphatic carbocycles. The van der Waals surface area contributed by atoms with Crippen LogP contribution in [0.2, 0.25) is 0 Å². The summed E-state index contributed by atoms with van der Waals surface area (Å²) in [5.74, 6) is -1.88. The summed E-state index contributed by atoms with van der Waals surface area (Å²) < 4.78 is 6.21. The second kappa shape index (κ2) is 12.0. The van der Waals surface area contributed by atoms with Gasteiger partial charge < -0.3 is 9.84 Å². The van der Waals surface area contributed by atoms with Crippen LogP contribution in [0.4, 0.5) is 0 Å². The predicted molar refractivity (Wildman–Crippen MR) is 138 cm³/mol. The summed E-state index contributed by atoms with van der Waals surface area (Å²) in [6.07, 6.45) is 2.35. The van der Waals surface area contributed by atoms with Gasteiger partial charge in [-0.05, 0) is 48.5 Å². The summed E-state index contributed by atoms with van der Waals surface area (Å²) in [4.78, 5) is 36.6. The number of carbonyl (C=O) groups excluding carboxylic acids is 3. The molecule has 0 bridgehead atoms. The van der Waals surface area contributed by atoms with Crippen molar-refractivity contribution in [2.24, 2.45) is 10.2 Å². The van der Waals surface area contributed by atoms with Gasteiger partial charge in [0.15, 0.2) is 0 Å². The largest absolute Gasteiger partial charge is 0.507 e. The van der Waals surface area contributed by atoms with Gasteiger partial charge in [-0.25, -0.2) is 15.6 Å². The van der Waals surface area contributed by atoms with Crippen LogP contribution in [0.3, 0.4) is 0 Å². The third kappa shape index (κ3) is 7.08. The van der Waals surface area contributed by atoms with Crippen molar-refractivity contribution in [3.8, 4) is 5.75 Å². The molecule has 3 aromatic rings. The first kappa shape index (κ1) is 25.8. The number of carbonyl (C=O) groups is 3. The van der Waals surface area contributed by atoms with Crippen LogP contribution in [0, 0.1) is 0 Å². The number of methoxy groups -OCH3 is 1. The molecule has 178 valence electrons. The van der Waals surface area contributed by atoms with E-state index in [9.17, 15) is 19.5 Å². The minimum Gasteiger partial charge on any atom is -0.507 e. The van der Waals surface area contributed by atoms with Gasteiger partial charge in [0, 0.05) is 31.2 Å². The van der Waals surface area contributed by atoms with Crippen molar-refractivity contribution in [1.29, 1.82) is 0 Å². The number of nitrogens with one attached hydrogen (secondary N) is 2. The molecule has 0 saturated carbocycles. The monoisotopic (exact) mass is 600 g/mol. The Morgan fingerprint density at radius 2 is 1.26 bits per heavy atom. The van der Waals surface area contributed by atoms with Crippen molar-refractivity contribution in [2.45, 2.75) is 0 Å². The third-order valence-electron chi connectivity index (χ3n) is 4.50. The predicted octanol–water partition coefficient (Wildman–Crippen LogP) is 4.23. The fourth-order valence-electron chi connectivity index (χ4n) is 2.82. The lowest BCUT2D eigenvalue weighted by Crippen LogP contribution is -2.18. The Morgan fingerprint density at radius 3 is 1.66 bits per heavy atom. The lowest BCUT2D eigenvalue weighted by atomic mass is 10.0. The summed E-state index contributed by atoms with van der Waals surface area (Å²) in [7, 11) is 1.22. The number of rotatable bonds is 7. The maximum absolute atomic E-state index is 12.3. The van der Waals surface area contributed by atoms with E-state index in [2.05, 4.69) is 52.9 Å². The van der Waals surface area contributed by atoms with Crippen molar-refractivity contribution in [3.63, 3.8) is 0 Å². The lowest BCUT2D eigenvalue weighted by Gasteiger charge is -2.07. The van der Waals surface area contributed by atoms with Crippen LogP contribution in [0.15, 0.2) is 79.8 Å². The molecule has 3 aromatic carbocycles. The standard InChI is InChI=1S/C24H18Br2N4O5/c1-35-24(34)16-8-17(12-27-29-22(32)14-4-2-6-19(25)10-14)21(31)18(9-16)13-28-30-23(33)15-5-3-7-20(26)11-15/h2-13,31H,1H3,(H,29,32)(H,30,33)/b27-12-,28-13-. The number of nitrogens with zero attached hydrogens (tertiary/aromatic N) is 2. The summed E-state index contributed by atoms with van der Waals surface area (Å²) >= 11 is 6.58. The molecule has 0 radical (unpaired) electrons. The molecule has 2 amide bonds. The van der Waals surface area contributed by atoms with E-state index in [0.29, 0.717) is 11.1 Å². The van der Waals surface area contributed by atoms with E-state index in [4.69, 9.17) is 4.74 Å². The number of halogens is 2. The Bertz CT molecular complexity index is 1250. The molecule has 0 aliphatic rings. The van der Waals surface area contributed by atoms with Crippen LogP contribution in [0.5, 0.6) is 5.75 Å². The minimum atomic E-state index is -0.661. The van der Waals surface area contributed by atoms with Crippen LogP contribution in [-0.2, 0) is 4.74 Å². The highest BCUT2D eigenvalue weighted by Gasteiger charge is 2.14. The number of hydrogen-bond donors (Lipinski definition) is 3.